The highest BCUT2D eigenvalue weighted by molar-refractivity contribution is 7.15. The predicted molar refractivity (Wildman–Crippen MR) is 78.3 cm³/mol. The SMILES string of the molecule is CCC(CNC(C)(C)C)Cc1cn2ccsc2n1. The molecule has 1 unspecified atom stereocenters. The van der Waals surface area contributed by atoms with Crippen LogP contribution in [-0.4, -0.2) is 21.5 Å². The van der Waals surface area contributed by atoms with E-state index in [0.29, 0.717) is 5.92 Å². The van der Waals surface area contributed by atoms with Gasteiger partial charge in [0.1, 0.15) is 0 Å². The van der Waals surface area contributed by atoms with E-state index in [1.807, 2.05) is 0 Å². The lowest BCUT2D eigenvalue weighted by Gasteiger charge is -2.24. The van der Waals surface area contributed by atoms with Crippen molar-refractivity contribution in [1.29, 1.82) is 0 Å². The molecule has 4 heteroatoms. The summed E-state index contributed by atoms with van der Waals surface area (Å²) in [6.45, 7) is 9.96. The summed E-state index contributed by atoms with van der Waals surface area (Å²) in [5, 5.41) is 5.66. The van der Waals surface area contributed by atoms with Crippen LogP contribution >= 0.6 is 11.3 Å². The van der Waals surface area contributed by atoms with Gasteiger partial charge < -0.3 is 5.32 Å². The van der Waals surface area contributed by atoms with E-state index in [9.17, 15) is 0 Å². The lowest BCUT2D eigenvalue weighted by molar-refractivity contribution is 0.362. The Morgan fingerprint density at radius 2 is 2.22 bits per heavy atom. The first-order chi connectivity index (χ1) is 8.48. The van der Waals surface area contributed by atoms with Gasteiger partial charge in [0.25, 0.3) is 0 Å². The van der Waals surface area contributed by atoms with Gasteiger partial charge in [0.15, 0.2) is 4.96 Å². The Labute approximate surface area is 113 Å². The van der Waals surface area contributed by atoms with Crippen molar-refractivity contribution in [3.8, 4) is 0 Å². The fourth-order valence-corrected chi connectivity index (χ4v) is 2.70. The molecule has 1 atom stereocenters. The highest BCUT2D eigenvalue weighted by Gasteiger charge is 2.15. The number of hydrogen-bond acceptors (Lipinski definition) is 3. The number of rotatable bonds is 5. The molecular weight excluding hydrogens is 242 g/mol. The van der Waals surface area contributed by atoms with Crippen LogP contribution in [0, 0.1) is 5.92 Å². The minimum absolute atomic E-state index is 0.196. The van der Waals surface area contributed by atoms with Gasteiger partial charge in [-0.05, 0) is 39.7 Å². The summed E-state index contributed by atoms with van der Waals surface area (Å²) in [5.41, 5.74) is 1.41. The van der Waals surface area contributed by atoms with Gasteiger partial charge in [-0.1, -0.05) is 13.3 Å². The molecule has 0 bridgehead atoms. The Hall–Kier alpha value is -0.870. The zero-order valence-corrected chi connectivity index (χ0v) is 12.5. The number of nitrogens with zero attached hydrogens (tertiary/aromatic N) is 2. The Morgan fingerprint density at radius 1 is 1.44 bits per heavy atom. The maximum atomic E-state index is 4.66. The van der Waals surface area contributed by atoms with E-state index in [1.54, 1.807) is 11.3 Å². The third-order valence-corrected chi connectivity index (χ3v) is 3.91. The van der Waals surface area contributed by atoms with Crippen molar-refractivity contribution < 1.29 is 0 Å². The average Bonchev–Trinajstić information content (AvgIpc) is 2.82. The minimum atomic E-state index is 0.196. The lowest BCUT2D eigenvalue weighted by atomic mass is 9.99. The second-order valence-corrected chi connectivity index (χ2v) is 6.81. The van der Waals surface area contributed by atoms with Gasteiger partial charge in [0.05, 0.1) is 5.69 Å². The normalized spacial score (nSPS) is 14.2. The van der Waals surface area contributed by atoms with Crippen molar-refractivity contribution in [1.82, 2.24) is 14.7 Å². The van der Waals surface area contributed by atoms with Gasteiger partial charge in [-0.3, -0.25) is 4.40 Å². The van der Waals surface area contributed by atoms with E-state index in [-0.39, 0.29) is 5.54 Å². The second-order valence-electron chi connectivity index (χ2n) is 5.93. The maximum absolute atomic E-state index is 4.66. The number of nitrogens with one attached hydrogen (secondary N) is 1. The molecule has 0 radical (unpaired) electrons. The molecule has 0 fully saturated rings. The van der Waals surface area contributed by atoms with E-state index < -0.39 is 0 Å². The zero-order chi connectivity index (χ0) is 13.2. The summed E-state index contributed by atoms with van der Waals surface area (Å²) in [4.78, 5) is 5.76. The van der Waals surface area contributed by atoms with Crippen LogP contribution < -0.4 is 5.32 Å². The molecule has 0 amide bonds. The Balaban J connectivity index is 1.95. The van der Waals surface area contributed by atoms with E-state index in [1.165, 1.54) is 12.1 Å². The number of aromatic nitrogens is 2. The summed E-state index contributed by atoms with van der Waals surface area (Å²) in [6.07, 6.45) is 6.48. The van der Waals surface area contributed by atoms with E-state index >= 15 is 0 Å². The molecular formula is C14H23N3S. The van der Waals surface area contributed by atoms with Crippen LogP contribution in [-0.2, 0) is 6.42 Å². The molecule has 2 heterocycles. The first kappa shape index (κ1) is 13.6. The van der Waals surface area contributed by atoms with Crippen molar-refractivity contribution in [2.45, 2.75) is 46.1 Å². The molecule has 0 saturated carbocycles. The van der Waals surface area contributed by atoms with Crippen molar-refractivity contribution in [3.63, 3.8) is 0 Å². The number of thiazole rings is 1. The number of hydrogen-bond donors (Lipinski definition) is 1. The Bertz CT molecular complexity index is 464. The minimum Gasteiger partial charge on any atom is -0.312 e. The highest BCUT2D eigenvalue weighted by Crippen LogP contribution is 2.16. The van der Waals surface area contributed by atoms with Crippen LogP contribution in [0.3, 0.4) is 0 Å². The summed E-state index contributed by atoms with van der Waals surface area (Å²) in [5.74, 6) is 0.661. The third-order valence-electron chi connectivity index (χ3n) is 3.14. The molecule has 0 aromatic carbocycles. The number of fused-ring (bicyclic) bond motifs is 1. The topological polar surface area (TPSA) is 29.3 Å². The molecule has 0 aliphatic heterocycles. The zero-order valence-electron chi connectivity index (χ0n) is 11.7. The van der Waals surface area contributed by atoms with Crippen LogP contribution in [0.15, 0.2) is 17.8 Å². The molecule has 0 aliphatic carbocycles. The van der Waals surface area contributed by atoms with E-state index in [4.69, 9.17) is 0 Å². The summed E-state index contributed by atoms with van der Waals surface area (Å²) < 4.78 is 2.11. The second kappa shape index (κ2) is 5.41. The van der Waals surface area contributed by atoms with Crippen molar-refractivity contribution in [2.75, 3.05) is 6.54 Å². The smallest absolute Gasteiger partial charge is 0.193 e. The molecule has 0 spiro atoms. The average molecular weight is 265 g/mol. The van der Waals surface area contributed by atoms with Gasteiger partial charge in [-0.15, -0.1) is 11.3 Å². The predicted octanol–water partition coefficient (Wildman–Crippen LogP) is 3.35. The van der Waals surface area contributed by atoms with Gasteiger partial charge in [-0.25, -0.2) is 4.98 Å². The molecule has 3 nitrogen and oxygen atoms in total. The molecule has 18 heavy (non-hydrogen) atoms. The summed E-state index contributed by atoms with van der Waals surface area (Å²) in [7, 11) is 0. The highest BCUT2D eigenvalue weighted by atomic mass is 32.1. The van der Waals surface area contributed by atoms with Crippen LogP contribution in [0.2, 0.25) is 0 Å². The summed E-state index contributed by atoms with van der Waals surface area (Å²) in [6, 6.07) is 0. The fourth-order valence-electron chi connectivity index (χ4n) is 1.98. The van der Waals surface area contributed by atoms with Crippen LogP contribution in [0.4, 0.5) is 0 Å². The van der Waals surface area contributed by atoms with Crippen LogP contribution in [0.5, 0.6) is 0 Å². The largest absolute Gasteiger partial charge is 0.312 e. The molecule has 2 aromatic heterocycles. The standard InChI is InChI=1S/C14H23N3S/c1-5-11(9-15-14(2,3)4)8-12-10-17-6-7-18-13(17)16-12/h6-7,10-11,15H,5,8-9H2,1-4H3. The first-order valence-electron chi connectivity index (χ1n) is 6.64. The first-order valence-corrected chi connectivity index (χ1v) is 7.52. The van der Waals surface area contributed by atoms with Crippen molar-refractivity contribution in [3.05, 3.63) is 23.5 Å². The maximum Gasteiger partial charge on any atom is 0.193 e. The molecule has 1 N–H and O–H groups in total. The van der Waals surface area contributed by atoms with Crippen molar-refractivity contribution in [2.24, 2.45) is 5.92 Å². The summed E-state index contributed by atoms with van der Waals surface area (Å²) >= 11 is 1.70. The van der Waals surface area contributed by atoms with E-state index in [2.05, 4.69) is 60.2 Å². The Kier molecular flexibility index (Phi) is 4.07. The van der Waals surface area contributed by atoms with Gasteiger partial charge in [0.2, 0.25) is 0 Å². The molecule has 0 saturated heterocycles. The van der Waals surface area contributed by atoms with Crippen LogP contribution in [0.25, 0.3) is 4.96 Å². The molecule has 0 aliphatic rings. The molecule has 100 valence electrons. The Morgan fingerprint density at radius 3 is 2.83 bits per heavy atom. The quantitative estimate of drug-likeness (QED) is 0.898. The lowest BCUT2D eigenvalue weighted by Crippen LogP contribution is -2.39. The monoisotopic (exact) mass is 265 g/mol. The van der Waals surface area contributed by atoms with E-state index in [0.717, 1.165) is 17.9 Å². The molecule has 2 rings (SSSR count). The fraction of sp³-hybridized carbons (Fsp3) is 0.643. The van der Waals surface area contributed by atoms with Crippen molar-refractivity contribution >= 4 is 16.3 Å². The van der Waals surface area contributed by atoms with Gasteiger partial charge in [0, 0.05) is 23.3 Å². The number of imidazole rings is 1. The van der Waals surface area contributed by atoms with Gasteiger partial charge >= 0.3 is 0 Å². The van der Waals surface area contributed by atoms with Crippen LogP contribution in [0.1, 0.15) is 39.8 Å². The molecule has 2 aromatic rings. The third kappa shape index (κ3) is 3.56. The van der Waals surface area contributed by atoms with Gasteiger partial charge in [-0.2, -0.15) is 0 Å².